The van der Waals surface area contributed by atoms with Gasteiger partial charge in [0.2, 0.25) is 0 Å². The quantitative estimate of drug-likeness (QED) is 0.428. The molecule has 0 aliphatic rings. The summed E-state index contributed by atoms with van der Waals surface area (Å²) in [6, 6.07) is 0. The third kappa shape index (κ3) is 5.23. The first-order chi connectivity index (χ1) is 7.64. The number of hydroxylamine groups is 2. The highest BCUT2D eigenvalue weighted by molar-refractivity contribution is 4.66. The molecule has 98 valence electrons. The zero-order valence-electron chi connectivity index (χ0n) is 11.1. The van der Waals surface area contributed by atoms with Crippen LogP contribution < -0.4 is 0 Å². The second kappa shape index (κ2) is 8.90. The van der Waals surface area contributed by atoms with Gasteiger partial charge in [0.25, 0.3) is 0 Å². The zero-order chi connectivity index (χ0) is 12.4. The van der Waals surface area contributed by atoms with E-state index in [1.165, 1.54) is 5.23 Å². The average Bonchev–Trinajstić information content (AvgIpc) is 2.26. The number of hydrogen-bond donors (Lipinski definition) is 0. The van der Waals surface area contributed by atoms with Crippen molar-refractivity contribution in [3.63, 3.8) is 0 Å². The Bertz CT molecular complexity index is 162. The standard InChI is InChI=1S/C11H25NO4/c1-6-13-10-11(5,14-7-2)12(15-8-3)16-9-4/h6-10H2,1-5H3. The molecule has 1 unspecified atom stereocenters. The Hall–Kier alpha value is -0.200. The maximum Gasteiger partial charge on any atom is 0.190 e. The van der Waals surface area contributed by atoms with Crippen LogP contribution >= 0.6 is 0 Å². The molecule has 0 rings (SSSR count). The molecule has 0 aromatic heterocycles. The third-order valence-corrected chi connectivity index (χ3v) is 1.91. The summed E-state index contributed by atoms with van der Waals surface area (Å²) >= 11 is 0. The van der Waals surface area contributed by atoms with Gasteiger partial charge < -0.3 is 9.47 Å². The third-order valence-electron chi connectivity index (χ3n) is 1.91. The fraction of sp³-hybridized carbons (Fsp3) is 1.00. The van der Waals surface area contributed by atoms with Crippen molar-refractivity contribution in [2.24, 2.45) is 0 Å². The lowest BCUT2D eigenvalue weighted by molar-refractivity contribution is -0.458. The van der Waals surface area contributed by atoms with E-state index >= 15 is 0 Å². The molecule has 0 aromatic carbocycles. The smallest absolute Gasteiger partial charge is 0.190 e. The lowest BCUT2D eigenvalue weighted by Gasteiger charge is -2.37. The Balaban J connectivity index is 4.50. The van der Waals surface area contributed by atoms with Crippen LogP contribution in [0.5, 0.6) is 0 Å². The van der Waals surface area contributed by atoms with Crippen LogP contribution in [0.2, 0.25) is 0 Å². The number of ether oxygens (including phenoxy) is 2. The molecule has 0 saturated carbocycles. The average molecular weight is 235 g/mol. The summed E-state index contributed by atoms with van der Waals surface area (Å²) in [7, 11) is 0. The minimum atomic E-state index is -0.712. The largest absolute Gasteiger partial charge is 0.377 e. The lowest BCUT2D eigenvalue weighted by Crippen LogP contribution is -2.51. The molecule has 0 aliphatic carbocycles. The summed E-state index contributed by atoms with van der Waals surface area (Å²) in [6.07, 6.45) is 0. The van der Waals surface area contributed by atoms with E-state index in [4.69, 9.17) is 19.1 Å². The van der Waals surface area contributed by atoms with Crippen LogP contribution in [-0.2, 0) is 19.1 Å². The van der Waals surface area contributed by atoms with Gasteiger partial charge in [-0.3, -0.25) is 9.68 Å². The van der Waals surface area contributed by atoms with Crippen LogP contribution in [0.4, 0.5) is 0 Å². The van der Waals surface area contributed by atoms with Gasteiger partial charge in [0, 0.05) is 13.2 Å². The molecule has 0 fully saturated rings. The zero-order valence-corrected chi connectivity index (χ0v) is 11.1. The van der Waals surface area contributed by atoms with E-state index in [0.29, 0.717) is 33.0 Å². The van der Waals surface area contributed by atoms with E-state index in [1.54, 1.807) is 0 Å². The molecule has 0 bridgehead atoms. The maximum atomic E-state index is 5.65. The van der Waals surface area contributed by atoms with Gasteiger partial charge >= 0.3 is 0 Å². The van der Waals surface area contributed by atoms with Gasteiger partial charge in [0.1, 0.15) is 0 Å². The van der Waals surface area contributed by atoms with Crippen molar-refractivity contribution in [3.05, 3.63) is 0 Å². The van der Waals surface area contributed by atoms with Gasteiger partial charge in [-0.2, -0.15) is 0 Å². The molecule has 0 saturated heterocycles. The molecule has 5 heteroatoms. The first-order valence-electron chi connectivity index (χ1n) is 5.92. The normalized spacial score (nSPS) is 15.4. The van der Waals surface area contributed by atoms with Crippen molar-refractivity contribution in [2.75, 3.05) is 33.0 Å². The summed E-state index contributed by atoms with van der Waals surface area (Å²) in [5.41, 5.74) is -0.712. The topological polar surface area (TPSA) is 40.2 Å². The molecular weight excluding hydrogens is 210 g/mol. The van der Waals surface area contributed by atoms with Gasteiger partial charge in [-0.1, -0.05) is 0 Å². The molecule has 5 nitrogen and oxygen atoms in total. The lowest BCUT2D eigenvalue weighted by atomic mass is 10.3. The Morgan fingerprint density at radius 1 is 0.875 bits per heavy atom. The highest BCUT2D eigenvalue weighted by atomic mass is 17.0. The molecular formula is C11H25NO4. The van der Waals surface area contributed by atoms with Crippen molar-refractivity contribution < 1.29 is 19.1 Å². The summed E-state index contributed by atoms with van der Waals surface area (Å²) in [4.78, 5) is 10.8. The predicted molar refractivity (Wildman–Crippen MR) is 61.6 cm³/mol. The van der Waals surface area contributed by atoms with Crippen LogP contribution in [0.15, 0.2) is 0 Å². The van der Waals surface area contributed by atoms with Crippen molar-refractivity contribution in [3.8, 4) is 0 Å². The summed E-state index contributed by atoms with van der Waals surface area (Å²) in [6.45, 7) is 12.2. The van der Waals surface area contributed by atoms with Crippen LogP contribution in [0.25, 0.3) is 0 Å². The fourth-order valence-corrected chi connectivity index (χ4v) is 1.29. The monoisotopic (exact) mass is 235 g/mol. The van der Waals surface area contributed by atoms with Gasteiger partial charge in [0.05, 0.1) is 19.8 Å². The van der Waals surface area contributed by atoms with Gasteiger partial charge in [-0.25, -0.2) is 0 Å². The maximum absolute atomic E-state index is 5.65. The Morgan fingerprint density at radius 2 is 1.44 bits per heavy atom. The Labute approximate surface area is 98.5 Å². The summed E-state index contributed by atoms with van der Waals surface area (Å²) in [5.74, 6) is 0. The van der Waals surface area contributed by atoms with Crippen LogP contribution in [0.3, 0.4) is 0 Å². The first kappa shape index (κ1) is 15.8. The van der Waals surface area contributed by atoms with E-state index in [9.17, 15) is 0 Å². The van der Waals surface area contributed by atoms with E-state index in [0.717, 1.165) is 0 Å². The van der Waals surface area contributed by atoms with Crippen molar-refractivity contribution in [2.45, 2.75) is 40.3 Å². The van der Waals surface area contributed by atoms with Crippen LogP contribution in [0.1, 0.15) is 34.6 Å². The molecule has 0 radical (unpaired) electrons. The number of hydrogen-bond acceptors (Lipinski definition) is 5. The highest BCUT2D eigenvalue weighted by Crippen LogP contribution is 2.19. The van der Waals surface area contributed by atoms with E-state index in [-0.39, 0.29) is 0 Å². The second-order valence-electron chi connectivity index (χ2n) is 3.34. The molecule has 0 amide bonds. The fourth-order valence-electron chi connectivity index (χ4n) is 1.29. The minimum absolute atomic E-state index is 0.400. The van der Waals surface area contributed by atoms with E-state index < -0.39 is 5.72 Å². The molecule has 0 N–H and O–H groups in total. The number of nitrogens with zero attached hydrogens (tertiary/aromatic N) is 1. The van der Waals surface area contributed by atoms with Gasteiger partial charge in [-0.15, -0.1) is 0 Å². The minimum Gasteiger partial charge on any atom is -0.377 e. The predicted octanol–water partition coefficient (Wildman–Crippen LogP) is 1.98. The SMILES string of the molecule is CCOCC(C)(OCC)N(OCC)OCC. The van der Waals surface area contributed by atoms with E-state index in [1.807, 2.05) is 34.6 Å². The van der Waals surface area contributed by atoms with Crippen LogP contribution in [0, 0.1) is 0 Å². The van der Waals surface area contributed by atoms with Crippen molar-refractivity contribution in [1.82, 2.24) is 5.23 Å². The highest BCUT2D eigenvalue weighted by Gasteiger charge is 2.35. The molecule has 0 aliphatic heterocycles. The van der Waals surface area contributed by atoms with Crippen molar-refractivity contribution in [1.29, 1.82) is 0 Å². The Kier molecular flexibility index (Phi) is 8.78. The van der Waals surface area contributed by atoms with Crippen molar-refractivity contribution >= 4 is 0 Å². The summed E-state index contributed by atoms with van der Waals surface area (Å²) in [5, 5.41) is 1.40. The molecule has 0 spiro atoms. The second-order valence-corrected chi connectivity index (χ2v) is 3.34. The van der Waals surface area contributed by atoms with E-state index in [2.05, 4.69) is 0 Å². The molecule has 16 heavy (non-hydrogen) atoms. The van der Waals surface area contributed by atoms with Crippen LogP contribution in [-0.4, -0.2) is 44.0 Å². The molecule has 0 heterocycles. The molecule has 1 atom stereocenters. The Morgan fingerprint density at radius 3 is 1.81 bits per heavy atom. The van der Waals surface area contributed by atoms with Gasteiger partial charge in [0.15, 0.2) is 5.72 Å². The number of rotatable bonds is 10. The summed E-state index contributed by atoms with van der Waals surface area (Å²) < 4.78 is 11.0. The molecule has 0 aromatic rings. The van der Waals surface area contributed by atoms with Gasteiger partial charge in [-0.05, 0) is 39.8 Å². The first-order valence-corrected chi connectivity index (χ1v) is 5.92.